The molecule has 0 aliphatic carbocycles. The molecule has 1 atom stereocenters. The second-order valence-electron chi connectivity index (χ2n) is 4.35. The van der Waals surface area contributed by atoms with Gasteiger partial charge < -0.3 is 5.32 Å². The van der Waals surface area contributed by atoms with Gasteiger partial charge in [0, 0.05) is 32.7 Å². The van der Waals surface area contributed by atoms with Crippen LogP contribution in [0.15, 0.2) is 46.9 Å². The van der Waals surface area contributed by atoms with Gasteiger partial charge in [-0.25, -0.2) is 0 Å². The standard InChI is InChI=1S/C15H14BrCl2N/c1-10(11-5-7-12(16)8-6-11)19-9-13-14(17)3-2-4-15(13)18/h2-8,10,19H,9H2,1H3. The van der Waals surface area contributed by atoms with E-state index in [1.807, 2.05) is 30.3 Å². The first-order chi connectivity index (χ1) is 9.08. The van der Waals surface area contributed by atoms with Crippen molar-refractivity contribution < 1.29 is 0 Å². The Balaban J connectivity index is 2.04. The molecule has 100 valence electrons. The van der Waals surface area contributed by atoms with Crippen molar-refractivity contribution in [3.05, 3.63) is 68.1 Å². The first-order valence-electron chi connectivity index (χ1n) is 5.99. The van der Waals surface area contributed by atoms with Gasteiger partial charge in [0.05, 0.1) is 0 Å². The molecule has 0 amide bonds. The fourth-order valence-electron chi connectivity index (χ4n) is 1.83. The van der Waals surface area contributed by atoms with Gasteiger partial charge in [0.25, 0.3) is 0 Å². The Bertz CT molecular complexity index is 534. The first-order valence-corrected chi connectivity index (χ1v) is 7.54. The molecule has 0 saturated heterocycles. The normalized spacial score (nSPS) is 12.4. The van der Waals surface area contributed by atoms with Gasteiger partial charge in [0.15, 0.2) is 0 Å². The number of nitrogens with one attached hydrogen (secondary N) is 1. The van der Waals surface area contributed by atoms with E-state index in [0.717, 1.165) is 10.0 Å². The molecule has 19 heavy (non-hydrogen) atoms. The van der Waals surface area contributed by atoms with Crippen LogP contribution in [0.2, 0.25) is 10.0 Å². The van der Waals surface area contributed by atoms with Crippen molar-refractivity contribution in [1.82, 2.24) is 5.32 Å². The maximum absolute atomic E-state index is 6.15. The van der Waals surface area contributed by atoms with Crippen molar-refractivity contribution >= 4 is 39.1 Å². The molecule has 1 unspecified atom stereocenters. The highest BCUT2D eigenvalue weighted by Gasteiger charge is 2.08. The van der Waals surface area contributed by atoms with Gasteiger partial charge in [-0.3, -0.25) is 0 Å². The van der Waals surface area contributed by atoms with Crippen LogP contribution in [0.5, 0.6) is 0 Å². The van der Waals surface area contributed by atoms with E-state index < -0.39 is 0 Å². The van der Waals surface area contributed by atoms with Crippen molar-refractivity contribution in [3.63, 3.8) is 0 Å². The van der Waals surface area contributed by atoms with Crippen LogP contribution in [0.3, 0.4) is 0 Å². The molecule has 2 aromatic rings. The molecule has 0 aromatic heterocycles. The van der Waals surface area contributed by atoms with E-state index in [1.54, 1.807) is 0 Å². The lowest BCUT2D eigenvalue weighted by molar-refractivity contribution is 0.575. The molecule has 0 bridgehead atoms. The summed E-state index contributed by atoms with van der Waals surface area (Å²) in [5.41, 5.74) is 2.17. The average molecular weight is 359 g/mol. The SMILES string of the molecule is CC(NCc1c(Cl)cccc1Cl)c1ccc(Br)cc1. The van der Waals surface area contributed by atoms with Crippen LogP contribution in [0.1, 0.15) is 24.1 Å². The van der Waals surface area contributed by atoms with Crippen LogP contribution in [0.4, 0.5) is 0 Å². The van der Waals surface area contributed by atoms with Crippen molar-refractivity contribution in [2.45, 2.75) is 19.5 Å². The second kappa shape index (κ2) is 6.76. The van der Waals surface area contributed by atoms with Crippen LogP contribution in [-0.4, -0.2) is 0 Å². The lowest BCUT2D eigenvalue weighted by Crippen LogP contribution is -2.18. The van der Waals surface area contributed by atoms with Crippen LogP contribution < -0.4 is 5.32 Å². The Hall–Kier alpha value is -0.540. The molecule has 1 N–H and O–H groups in total. The minimum Gasteiger partial charge on any atom is -0.306 e. The van der Waals surface area contributed by atoms with E-state index in [4.69, 9.17) is 23.2 Å². The van der Waals surface area contributed by atoms with E-state index in [0.29, 0.717) is 16.6 Å². The molecule has 2 aromatic carbocycles. The Morgan fingerprint density at radius 2 is 1.63 bits per heavy atom. The minimum atomic E-state index is 0.237. The third-order valence-corrected chi connectivity index (χ3v) is 4.25. The fourth-order valence-corrected chi connectivity index (χ4v) is 2.62. The highest BCUT2D eigenvalue weighted by Crippen LogP contribution is 2.25. The second-order valence-corrected chi connectivity index (χ2v) is 6.08. The maximum atomic E-state index is 6.15. The monoisotopic (exact) mass is 357 g/mol. The Morgan fingerprint density at radius 3 is 2.21 bits per heavy atom. The fraction of sp³-hybridized carbons (Fsp3) is 0.200. The molecule has 4 heteroatoms. The van der Waals surface area contributed by atoms with Crippen LogP contribution >= 0.6 is 39.1 Å². The quantitative estimate of drug-likeness (QED) is 0.749. The lowest BCUT2D eigenvalue weighted by atomic mass is 10.1. The van der Waals surface area contributed by atoms with E-state index in [9.17, 15) is 0 Å². The van der Waals surface area contributed by atoms with Gasteiger partial charge in [0.2, 0.25) is 0 Å². The number of rotatable bonds is 4. The Kier molecular flexibility index (Phi) is 5.28. The van der Waals surface area contributed by atoms with Crippen molar-refractivity contribution in [3.8, 4) is 0 Å². The molecule has 0 aliphatic heterocycles. The van der Waals surface area contributed by atoms with Gasteiger partial charge in [-0.15, -0.1) is 0 Å². The summed E-state index contributed by atoms with van der Waals surface area (Å²) in [6, 6.07) is 14.1. The molecular weight excluding hydrogens is 345 g/mol. The lowest BCUT2D eigenvalue weighted by Gasteiger charge is -2.15. The zero-order chi connectivity index (χ0) is 13.8. The molecule has 0 saturated carbocycles. The molecule has 1 nitrogen and oxygen atoms in total. The van der Waals surface area contributed by atoms with E-state index >= 15 is 0 Å². The third kappa shape index (κ3) is 3.96. The molecule has 0 heterocycles. The number of halogens is 3. The molecule has 0 aliphatic rings. The predicted molar refractivity (Wildman–Crippen MR) is 85.9 cm³/mol. The predicted octanol–water partition coefficient (Wildman–Crippen LogP) is 5.61. The van der Waals surface area contributed by atoms with E-state index in [1.165, 1.54) is 5.56 Å². The number of benzene rings is 2. The summed E-state index contributed by atoms with van der Waals surface area (Å²) in [6.07, 6.45) is 0. The summed E-state index contributed by atoms with van der Waals surface area (Å²) in [7, 11) is 0. The van der Waals surface area contributed by atoms with E-state index in [-0.39, 0.29) is 6.04 Å². The molecule has 0 fully saturated rings. The van der Waals surface area contributed by atoms with Gasteiger partial charge in [-0.2, -0.15) is 0 Å². The van der Waals surface area contributed by atoms with Gasteiger partial charge >= 0.3 is 0 Å². The number of hydrogen-bond donors (Lipinski definition) is 1. The van der Waals surface area contributed by atoms with Crippen LogP contribution in [0, 0.1) is 0 Å². The maximum Gasteiger partial charge on any atom is 0.0465 e. The first kappa shape index (κ1) is 14.9. The summed E-state index contributed by atoms with van der Waals surface area (Å²) in [6.45, 7) is 2.77. The van der Waals surface area contributed by atoms with Gasteiger partial charge in [0.1, 0.15) is 0 Å². The minimum absolute atomic E-state index is 0.237. The van der Waals surface area contributed by atoms with Crippen molar-refractivity contribution in [2.75, 3.05) is 0 Å². The number of hydrogen-bond acceptors (Lipinski definition) is 1. The summed E-state index contributed by atoms with van der Waals surface area (Å²) >= 11 is 15.7. The average Bonchev–Trinajstić information content (AvgIpc) is 2.38. The smallest absolute Gasteiger partial charge is 0.0465 e. The van der Waals surface area contributed by atoms with Crippen LogP contribution in [0.25, 0.3) is 0 Å². The summed E-state index contributed by atoms with van der Waals surface area (Å²) in [5.74, 6) is 0. The zero-order valence-electron chi connectivity index (χ0n) is 10.5. The van der Waals surface area contributed by atoms with Crippen molar-refractivity contribution in [2.24, 2.45) is 0 Å². The molecule has 0 spiro atoms. The summed E-state index contributed by atoms with van der Waals surface area (Å²) in [4.78, 5) is 0. The highest BCUT2D eigenvalue weighted by atomic mass is 79.9. The molecule has 0 radical (unpaired) electrons. The molecule has 2 rings (SSSR count). The van der Waals surface area contributed by atoms with Crippen LogP contribution in [-0.2, 0) is 6.54 Å². The van der Waals surface area contributed by atoms with E-state index in [2.05, 4.69) is 40.3 Å². The third-order valence-electron chi connectivity index (χ3n) is 3.02. The Morgan fingerprint density at radius 1 is 1.05 bits per heavy atom. The van der Waals surface area contributed by atoms with Gasteiger partial charge in [-0.05, 0) is 36.8 Å². The van der Waals surface area contributed by atoms with Gasteiger partial charge in [-0.1, -0.05) is 57.3 Å². The largest absolute Gasteiger partial charge is 0.306 e. The van der Waals surface area contributed by atoms with Crippen molar-refractivity contribution in [1.29, 1.82) is 0 Å². The summed E-state index contributed by atoms with van der Waals surface area (Å²) < 4.78 is 1.08. The highest BCUT2D eigenvalue weighted by molar-refractivity contribution is 9.10. The topological polar surface area (TPSA) is 12.0 Å². The molecular formula is C15H14BrCl2N. The summed E-state index contributed by atoms with van der Waals surface area (Å²) in [5, 5.41) is 4.83. The zero-order valence-corrected chi connectivity index (χ0v) is 13.6. The Labute approximate surface area is 132 Å².